The lowest BCUT2D eigenvalue weighted by atomic mass is 10.1. The summed E-state index contributed by atoms with van der Waals surface area (Å²) in [6.07, 6.45) is 1.35. The molecule has 0 unspecified atom stereocenters. The maximum absolute atomic E-state index is 13.0. The Balaban J connectivity index is 1.62. The molecular weight excluding hydrogens is 414 g/mol. The Morgan fingerprint density at radius 3 is 2.48 bits per heavy atom. The Morgan fingerprint density at radius 1 is 1.10 bits per heavy atom. The van der Waals surface area contributed by atoms with Gasteiger partial charge >= 0.3 is 0 Å². The number of anilines is 1. The normalized spacial score (nSPS) is 10.8. The number of hydrogen-bond acceptors (Lipinski definition) is 6. The Bertz CT molecular complexity index is 1320. The van der Waals surface area contributed by atoms with Crippen molar-refractivity contribution in [1.29, 1.82) is 0 Å². The van der Waals surface area contributed by atoms with Crippen LogP contribution in [0.25, 0.3) is 10.2 Å². The molecular formula is C23H19N3O4S. The molecule has 8 heteroatoms. The monoisotopic (exact) mass is 433 g/mol. The molecule has 0 aliphatic rings. The van der Waals surface area contributed by atoms with Crippen molar-refractivity contribution in [1.82, 2.24) is 9.55 Å². The van der Waals surface area contributed by atoms with Gasteiger partial charge in [0.25, 0.3) is 11.5 Å². The van der Waals surface area contributed by atoms with E-state index < -0.39 is 0 Å². The molecule has 0 fully saturated rings. The quantitative estimate of drug-likeness (QED) is 0.466. The number of carbonyl (C=O) groups excluding carboxylic acids is 2. The fourth-order valence-electron chi connectivity index (χ4n) is 3.22. The van der Waals surface area contributed by atoms with Gasteiger partial charge in [-0.3, -0.25) is 19.0 Å². The molecule has 4 aromatic rings. The van der Waals surface area contributed by atoms with Gasteiger partial charge in [0.15, 0.2) is 5.78 Å². The molecule has 0 radical (unpaired) electrons. The fraction of sp³-hybridized carbons (Fsp3) is 0.130. The SMILES string of the molecule is COc1ccc(C(=O)Cn2cnc3sc(C(=O)Nc4ccccc4)c(C)c3c2=O)cc1. The third-order valence-corrected chi connectivity index (χ3v) is 6.08. The molecule has 0 saturated carbocycles. The summed E-state index contributed by atoms with van der Waals surface area (Å²) in [4.78, 5) is 43.6. The number of hydrogen-bond donors (Lipinski definition) is 1. The zero-order chi connectivity index (χ0) is 22.0. The zero-order valence-corrected chi connectivity index (χ0v) is 17.7. The lowest BCUT2D eigenvalue weighted by Crippen LogP contribution is -2.24. The van der Waals surface area contributed by atoms with Gasteiger partial charge in [-0.05, 0) is 48.9 Å². The summed E-state index contributed by atoms with van der Waals surface area (Å²) < 4.78 is 6.37. The highest BCUT2D eigenvalue weighted by atomic mass is 32.1. The molecule has 0 aliphatic carbocycles. The number of methoxy groups -OCH3 is 1. The maximum atomic E-state index is 13.0. The number of ether oxygens (including phenoxy) is 1. The Kier molecular flexibility index (Phi) is 5.64. The summed E-state index contributed by atoms with van der Waals surface area (Å²) in [6, 6.07) is 15.8. The van der Waals surface area contributed by atoms with E-state index in [0.29, 0.717) is 37.7 Å². The Hall–Kier alpha value is -3.78. The molecule has 2 aromatic carbocycles. The van der Waals surface area contributed by atoms with E-state index in [2.05, 4.69) is 10.3 Å². The van der Waals surface area contributed by atoms with Crippen molar-refractivity contribution >= 4 is 38.9 Å². The van der Waals surface area contributed by atoms with E-state index in [-0.39, 0.29) is 23.8 Å². The van der Waals surface area contributed by atoms with Crippen LogP contribution in [0.2, 0.25) is 0 Å². The summed E-state index contributed by atoms with van der Waals surface area (Å²) in [5.41, 5.74) is 1.34. The lowest BCUT2D eigenvalue weighted by Gasteiger charge is -2.06. The van der Waals surface area contributed by atoms with Crippen molar-refractivity contribution in [3.63, 3.8) is 0 Å². The van der Waals surface area contributed by atoms with E-state index >= 15 is 0 Å². The van der Waals surface area contributed by atoms with Crippen molar-refractivity contribution in [2.45, 2.75) is 13.5 Å². The van der Waals surface area contributed by atoms with Gasteiger partial charge in [-0.25, -0.2) is 4.98 Å². The molecule has 4 rings (SSSR count). The Morgan fingerprint density at radius 2 is 1.81 bits per heavy atom. The molecule has 0 atom stereocenters. The van der Waals surface area contributed by atoms with Crippen LogP contribution in [-0.2, 0) is 6.54 Å². The molecule has 7 nitrogen and oxygen atoms in total. The van der Waals surface area contributed by atoms with Crippen LogP contribution in [0, 0.1) is 6.92 Å². The minimum Gasteiger partial charge on any atom is -0.497 e. The molecule has 2 aromatic heterocycles. The number of benzene rings is 2. The molecule has 0 aliphatic heterocycles. The van der Waals surface area contributed by atoms with E-state index in [9.17, 15) is 14.4 Å². The Labute approximate surface area is 181 Å². The van der Waals surface area contributed by atoms with Crippen LogP contribution in [-0.4, -0.2) is 28.4 Å². The first-order valence-electron chi connectivity index (χ1n) is 9.50. The summed E-state index contributed by atoms with van der Waals surface area (Å²) in [5, 5.41) is 3.18. The van der Waals surface area contributed by atoms with Gasteiger partial charge in [0.05, 0.1) is 30.2 Å². The van der Waals surface area contributed by atoms with E-state index in [4.69, 9.17) is 4.74 Å². The number of nitrogens with one attached hydrogen (secondary N) is 1. The third-order valence-electron chi connectivity index (χ3n) is 4.88. The number of nitrogens with zero attached hydrogens (tertiary/aromatic N) is 2. The van der Waals surface area contributed by atoms with Crippen molar-refractivity contribution in [2.75, 3.05) is 12.4 Å². The zero-order valence-electron chi connectivity index (χ0n) is 16.9. The van der Waals surface area contributed by atoms with Gasteiger partial charge in [0.1, 0.15) is 10.6 Å². The van der Waals surface area contributed by atoms with E-state index in [1.165, 1.54) is 10.9 Å². The van der Waals surface area contributed by atoms with E-state index in [0.717, 1.165) is 11.3 Å². The van der Waals surface area contributed by atoms with Crippen LogP contribution in [0.5, 0.6) is 5.75 Å². The third kappa shape index (κ3) is 4.10. The highest BCUT2D eigenvalue weighted by molar-refractivity contribution is 7.20. The maximum Gasteiger partial charge on any atom is 0.266 e. The number of aryl methyl sites for hydroxylation is 1. The molecule has 0 bridgehead atoms. The highest BCUT2D eigenvalue weighted by Gasteiger charge is 2.20. The van der Waals surface area contributed by atoms with Crippen LogP contribution in [0.1, 0.15) is 25.6 Å². The number of para-hydroxylation sites is 1. The average Bonchev–Trinajstić information content (AvgIpc) is 3.13. The average molecular weight is 433 g/mol. The van der Waals surface area contributed by atoms with E-state index in [1.54, 1.807) is 50.4 Å². The van der Waals surface area contributed by atoms with Crippen molar-refractivity contribution in [3.8, 4) is 5.75 Å². The van der Waals surface area contributed by atoms with Crippen molar-refractivity contribution in [2.24, 2.45) is 0 Å². The lowest BCUT2D eigenvalue weighted by molar-refractivity contribution is 0.0969. The van der Waals surface area contributed by atoms with Crippen LogP contribution in [0.4, 0.5) is 5.69 Å². The molecule has 31 heavy (non-hydrogen) atoms. The topological polar surface area (TPSA) is 90.3 Å². The summed E-state index contributed by atoms with van der Waals surface area (Å²) in [5.74, 6) is 0.125. The number of thiophene rings is 1. The van der Waals surface area contributed by atoms with E-state index in [1.807, 2.05) is 18.2 Å². The number of fused-ring (bicyclic) bond motifs is 1. The number of aromatic nitrogens is 2. The first-order chi connectivity index (χ1) is 15.0. The standard InChI is InChI=1S/C23H19N3O4S/c1-14-19-22(31-20(14)21(28)25-16-6-4-3-5-7-16)24-13-26(23(19)29)12-18(27)15-8-10-17(30-2)11-9-15/h3-11,13H,12H2,1-2H3,(H,25,28). The predicted octanol–water partition coefficient (Wildman–Crippen LogP) is 3.91. The smallest absolute Gasteiger partial charge is 0.266 e. The molecule has 0 saturated heterocycles. The van der Waals surface area contributed by atoms with Crippen molar-refractivity contribution < 1.29 is 14.3 Å². The first kappa shape index (κ1) is 20.5. The molecule has 156 valence electrons. The summed E-state index contributed by atoms with van der Waals surface area (Å²) in [7, 11) is 1.55. The fourth-order valence-corrected chi connectivity index (χ4v) is 4.26. The molecule has 1 N–H and O–H groups in total. The number of Topliss-reactive ketones (excluding diaryl/α,β-unsaturated/α-hetero) is 1. The molecule has 0 spiro atoms. The van der Waals surface area contributed by atoms with Gasteiger partial charge in [-0.1, -0.05) is 18.2 Å². The number of carbonyl (C=O) groups is 2. The minimum absolute atomic E-state index is 0.144. The number of rotatable bonds is 6. The van der Waals surface area contributed by atoms with Gasteiger partial charge < -0.3 is 10.1 Å². The van der Waals surface area contributed by atoms with Crippen LogP contribution in [0.15, 0.2) is 65.7 Å². The van der Waals surface area contributed by atoms with Crippen molar-refractivity contribution in [3.05, 3.63) is 87.3 Å². The van der Waals surface area contributed by atoms with Gasteiger partial charge in [-0.15, -0.1) is 11.3 Å². The number of amides is 1. The first-order valence-corrected chi connectivity index (χ1v) is 10.3. The number of ketones is 1. The van der Waals surface area contributed by atoms with Gasteiger partial charge in [-0.2, -0.15) is 0 Å². The summed E-state index contributed by atoms with van der Waals surface area (Å²) >= 11 is 1.16. The van der Waals surface area contributed by atoms with Crippen LogP contribution < -0.4 is 15.6 Å². The molecule has 2 heterocycles. The predicted molar refractivity (Wildman–Crippen MR) is 120 cm³/mol. The second kappa shape index (κ2) is 8.53. The van der Waals surface area contributed by atoms with Crippen LogP contribution in [0.3, 0.4) is 0 Å². The largest absolute Gasteiger partial charge is 0.497 e. The van der Waals surface area contributed by atoms with Gasteiger partial charge in [0, 0.05) is 11.3 Å². The van der Waals surface area contributed by atoms with Gasteiger partial charge in [0.2, 0.25) is 0 Å². The summed E-state index contributed by atoms with van der Waals surface area (Å²) in [6.45, 7) is 1.58. The second-order valence-corrected chi connectivity index (χ2v) is 7.88. The van der Waals surface area contributed by atoms with Crippen LogP contribution >= 0.6 is 11.3 Å². The minimum atomic E-state index is -0.348. The highest BCUT2D eigenvalue weighted by Crippen LogP contribution is 2.27. The second-order valence-electron chi connectivity index (χ2n) is 6.89. The molecule has 1 amide bonds.